The molecule has 0 fully saturated rings. The van der Waals surface area contributed by atoms with Gasteiger partial charge in [-0.2, -0.15) is 0 Å². The van der Waals surface area contributed by atoms with Crippen molar-refractivity contribution in [1.29, 1.82) is 0 Å². The Bertz CT molecular complexity index is 491. The quantitative estimate of drug-likeness (QED) is 0.630. The summed E-state index contributed by atoms with van der Waals surface area (Å²) in [5, 5.41) is 9.40. The Morgan fingerprint density at radius 1 is 0.947 bits per heavy atom. The molecular weight excluding hydrogens is 353 g/mol. The number of carboxylic acids is 1. The lowest BCUT2D eigenvalue weighted by Gasteiger charge is -2.23. The lowest BCUT2D eigenvalue weighted by atomic mass is 9.85. The summed E-state index contributed by atoms with van der Waals surface area (Å²) in [6.45, 7) is 0. The molecule has 3 nitrogen and oxygen atoms in total. The molecule has 19 heavy (non-hydrogen) atoms. The molecule has 0 amide bonds. The number of benzene rings is 2. The standard InChI is InChI=1S/C15H14INO2/c16-17-14(15(18)19)13(11-7-3-1-4-8-11)12-9-5-2-6-10-12/h1-10,13-14,17H,(H,18,19)/t14-/m0/s1. The smallest absolute Gasteiger partial charge is 0.322 e. The zero-order chi connectivity index (χ0) is 13.7. The largest absolute Gasteiger partial charge is 0.480 e. The predicted octanol–water partition coefficient (Wildman–Crippen LogP) is 3.21. The molecule has 0 spiro atoms. The van der Waals surface area contributed by atoms with Gasteiger partial charge in [0.1, 0.15) is 6.04 Å². The van der Waals surface area contributed by atoms with Crippen LogP contribution < -0.4 is 3.53 Å². The Balaban J connectivity index is 2.48. The number of carboxylic acid groups (broad SMARTS) is 1. The highest BCUT2D eigenvalue weighted by atomic mass is 127. The van der Waals surface area contributed by atoms with Crippen molar-refractivity contribution in [1.82, 2.24) is 3.53 Å². The van der Waals surface area contributed by atoms with E-state index >= 15 is 0 Å². The van der Waals surface area contributed by atoms with Gasteiger partial charge in [-0.3, -0.25) is 4.79 Å². The normalized spacial score (nSPS) is 12.3. The zero-order valence-electron chi connectivity index (χ0n) is 10.2. The van der Waals surface area contributed by atoms with E-state index in [1.807, 2.05) is 83.5 Å². The first-order valence-corrected chi connectivity index (χ1v) is 7.00. The Hall–Kier alpha value is -1.40. The Labute approximate surface area is 126 Å². The third-order valence-corrected chi connectivity index (χ3v) is 3.71. The van der Waals surface area contributed by atoms with Crippen molar-refractivity contribution in [2.24, 2.45) is 0 Å². The molecule has 4 heteroatoms. The maximum atomic E-state index is 11.5. The van der Waals surface area contributed by atoms with Gasteiger partial charge in [-0.1, -0.05) is 60.7 Å². The maximum absolute atomic E-state index is 11.5. The molecule has 1 atom stereocenters. The summed E-state index contributed by atoms with van der Waals surface area (Å²) in [6, 6.07) is 18.7. The summed E-state index contributed by atoms with van der Waals surface area (Å²) in [7, 11) is 0. The molecule has 98 valence electrons. The molecule has 0 bridgehead atoms. The highest BCUT2D eigenvalue weighted by Crippen LogP contribution is 2.28. The number of rotatable bonds is 5. The van der Waals surface area contributed by atoms with E-state index in [1.165, 1.54) is 0 Å². The maximum Gasteiger partial charge on any atom is 0.322 e. The molecule has 0 aliphatic rings. The van der Waals surface area contributed by atoms with Crippen LogP contribution in [-0.4, -0.2) is 17.1 Å². The van der Waals surface area contributed by atoms with Crippen LogP contribution >= 0.6 is 22.9 Å². The Morgan fingerprint density at radius 3 is 1.68 bits per heavy atom. The second-order valence-electron chi connectivity index (χ2n) is 4.22. The van der Waals surface area contributed by atoms with Crippen molar-refractivity contribution in [3.05, 3.63) is 71.8 Å². The van der Waals surface area contributed by atoms with Crippen LogP contribution in [0.25, 0.3) is 0 Å². The third-order valence-electron chi connectivity index (χ3n) is 3.03. The Kier molecular flexibility index (Phi) is 4.93. The van der Waals surface area contributed by atoms with E-state index in [0.717, 1.165) is 11.1 Å². The van der Waals surface area contributed by atoms with Gasteiger partial charge in [0.2, 0.25) is 0 Å². The highest BCUT2D eigenvalue weighted by Gasteiger charge is 2.29. The number of hydrogen-bond donors (Lipinski definition) is 2. The van der Waals surface area contributed by atoms with Crippen molar-refractivity contribution < 1.29 is 9.90 Å². The minimum atomic E-state index is -0.855. The van der Waals surface area contributed by atoms with Gasteiger partial charge in [0.25, 0.3) is 0 Å². The average molecular weight is 367 g/mol. The average Bonchev–Trinajstić information content (AvgIpc) is 2.46. The molecule has 0 aliphatic heterocycles. The predicted molar refractivity (Wildman–Crippen MR) is 83.3 cm³/mol. The van der Waals surface area contributed by atoms with Crippen LogP contribution in [0.15, 0.2) is 60.7 Å². The molecule has 0 radical (unpaired) electrons. The zero-order valence-corrected chi connectivity index (χ0v) is 12.3. The van der Waals surface area contributed by atoms with Gasteiger partial charge in [-0.05, 0) is 11.1 Å². The van der Waals surface area contributed by atoms with Gasteiger partial charge in [0.05, 0.1) is 0 Å². The van der Waals surface area contributed by atoms with E-state index < -0.39 is 12.0 Å². The van der Waals surface area contributed by atoms with Crippen LogP contribution in [0.4, 0.5) is 0 Å². The van der Waals surface area contributed by atoms with Gasteiger partial charge < -0.3 is 5.11 Å². The molecule has 0 aliphatic carbocycles. The van der Waals surface area contributed by atoms with Gasteiger partial charge in [-0.15, -0.1) is 0 Å². The number of hydrogen-bond acceptors (Lipinski definition) is 2. The Morgan fingerprint density at radius 2 is 1.37 bits per heavy atom. The molecule has 2 N–H and O–H groups in total. The van der Waals surface area contributed by atoms with Crippen molar-refractivity contribution in [2.75, 3.05) is 0 Å². The number of nitrogens with one attached hydrogen (secondary N) is 1. The minimum Gasteiger partial charge on any atom is -0.480 e. The van der Waals surface area contributed by atoms with Gasteiger partial charge in [0.15, 0.2) is 0 Å². The molecule has 0 heterocycles. The lowest BCUT2D eigenvalue weighted by Crippen LogP contribution is -2.37. The molecule has 0 saturated carbocycles. The summed E-state index contributed by atoms with van der Waals surface area (Å²) >= 11 is 1.90. The van der Waals surface area contributed by atoms with Crippen molar-refractivity contribution in [2.45, 2.75) is 12.0 Å². The van der Waals surface area contributed by atoms with Crippen molar-refractivity contribution in [3.8, 4) is 0 Å². The fourth-order valence-corrected chi connectivity index (χ4v) is 2.78. The molecule has 0 unspecified atom stereocenters. The summed E-state index contributed by atoms with van der Waals surface area (Å²) in [5.74, 6) is -1.07. The summed E-state index contributed by atoms with van der Waals surface area (Å²) in [6.07, 6.45) is 0. The number of halogens is 1. The van der Waals surface area contributed by atoms with E-state index in [4.69, 9.17) is 0 Å². The van der Waals surface area contributed by atoms with E-state index in [0.29, 0.717) is 0 Å². The number of aliphatic carboxylic acids is 1. The molecule has 2 aromatic carbocycles. The molecule has 0 aromatic heterocycles. The van der Waals surface area contributed by atoms with E-state index in [9.17, 15) is 9.90 Å². The molecule has 0 saturated heterocycles. The van der Waals surface area contributed by atoms with Crippen LogP contribution in [0.2, 0.25) is 0 Å². The molecular formula is C15H14INO2. The first-order chi connectivity index (χ1) is 9.24. The first kappa shape index (κ1) is 14.0. The second-order valence-corrected chi connectivity index (χ2v) is 4.85. The third kappa shape index (κ3) is 3.33. The summed E-state index contributed by atoms with van der Waals surface area (Å²) in [4.78, 5) is 11.5. The lowest BCUT2D eigenvalue weighted by molar-refractivity contribution is -0.139. The first-order valence-electron chi connectivity index (χ1n) is 5.93. The minimum absolute atomic E-state index is 0.211. The van der Waals surface area contributed by atoms with Gasteiger partial charge in [-0.25, -0.2) is 3.53 Å². The van der Waals surface area contributed by atoms with Crippen LogP contribution in [0.3, 0.4) is 0 Å². The van der Waals surface area contributed by atoms with E-state index in [2.05, 4.69) is 3.53 Å². The summed E-state index contributed by atoms with van der Waals surface area (Å²) in [5.41, 5.74) is 1.98. The fourth-order valence-electron chi connectivity index (χ4n) is 2.15. The second kappa shape index (κ2) is 6.68. The van der Waals surface area contributed by atoms with Crippen LogP contribution in [0.5, 0.6) is 0 Å². The fraction of sp³-hybridized carbons (Fsp3) is 0.133. The SMILES string of the molecule is O=C(O)[C@@H](NI)C(c1ccccc1)c1ccccc1. The van der Waals surface area contributed by atoms with Crippen LogP contribution in [0, 0.1) is 0 Å². The van der Waals surface area contributed by atoms with Crippen LogP contribution in [-0.2, 0) is 4.79 Å². The summed E-state index contributed by atoms with van der Waals surface area (Å²) < 4.78 is 2.87. The monoisotopic (exact) mass is 367 g/mol. The van der Waals surface area contributed by atoms with Crippen LogP contribution in [0.1, 0.15) is 17.0 Å². The number of carbonyl (C=O) groups is 1. The van der Waals surface area contributed by atoms with E-state index in [1.54, 1.807) is 0 Å². The van der Waals surface area contributed by atoms with Gasteiger partial charge >= 0.3 is 5.97 Å². The highest BCUT2D eigenvalue weighted by molar-refractivity contribution is 14.1. The van der Waals surface area contributed by atoms with Crippen molar-refractivity contribution >= 4 is 28.8 Å². The topological polar surface area (TPSA) is 49.3 Å². The molecule has 2 rings (SSSR count). The molecule has 2 aromatic rings. The van der Waals surface area contributed by atoms with Gasteiger partial charge in [0, 0.05) is 28.8 Å². The van der Waals surface area contributed by atoms with E-state index in [-0.39, 0.29) is 5.92 Å². The van der Waals surface area contributed by atoms with Crippen molar-refractivity contribution in [3.63, 3.8) is 0 Å².